The molecule has 3 saturated heterocycles. The Morgan fingerprint density at radius 1 is 1.08 bits per heavy atom. The zero-order chi connectivity index (χ0) is 17.2. The molecule has 2 N–H and O–H groups in total. The van der Waals surface area contributed by atoms with Crippen molar-refractivity contribution in [2.75, 3.05) is 39.3 Å². The highest BCUT2D eigenvalue weighted by molar-refractivity contribution is 5.78. The van der Waals surface area contributed by atoms with Crippen LogP contribution in [0, 0.1) is 0 Å². The van der Waals surface area contributed by atoms with Crippen LogP contribution in [0.2, 0.25) is 0 Å². The van der Waals surface area contributed by atoms with Crippen molar-refractivity contribution >= 4 is 5.91 Å². The van der Waals surface area contributed by atoms with Gasteiger partial charge in [0.15, 0.2) is 0 Å². The lowest BCUT2D eigenvalue weighted by Crippen LogP contribution is -2.64. The van der Waals surface area contributed by atoms with E-state index in [4.69, 9.17) is 4.74 Å². The van der Waals surface area contributed by atoms with Gasteiger partial charge in [0.05, 0.1) is 18.8 Å². The highest BCUT2D eigenvalue weighted by atomic mass is 16.5. The van der Waals surface area contributed by atoms with Crippen LogP contribution in [0.3, 0.4) is 0 Å². The number of rotatable bonds is 2. The first-order valence-corrected chi connectivity index (χ1v) is 9.48. The molecule has 0 aromatic carbocycles. The fraction of sp³-hybridized carbons (Fsp3) is 0.944. The van der Waals surface area contributed by atoms with Crippen molar-refractivity contribution in [1.82, 2.24) is 9.80 Å². The van der Waals surface area contributed by atoms with E-state index in [9.17, 15) is 15.0 Å². The molecule has 138 valence electrons. The van der Waals surface area contributed by atoms with Crippen molar-refractivity contribution < 1.29 is 19.7 Å². The Morgan fingerprint density at radius 3 is 2.33 bits per heavy atom. The summed E-state index contributed by atoms with van der Waals surface area (Å²) < 4.78 is 5.89. The van der Waals surface area contributed by atoms with Crippen molar-refractivity contribution in [2.45, 2.75) is 69.2 Å². The average Bonchev–Trinajstić information content (AvgIpc) is 2.82. The molecule has 3 fully saturated rings. The Morgan fingerprint density at radius 2 is 1.71 bits per heavy atom. The fourth-order valence-electron chi connectivity index (χ4n) is 4.38. The van der Waals surface area contributed by atoms with Crippen molar-refractivity contribution in [3.05, 3.63) is 0 Å². The highest BCUT2D eigenvalue weighted by Crippen LogP contribution is 2.39. The maximum Gasteiger partial charge on any atom is 0.236 e. The van der Waals surface area contributed by atoms with E-state index in [2.05, 4.69) is 4.90 Å². The molecular weight excluding hydrogens is 308 g/mol. The second kappa shape index (κ2) is 7.28. The number of aliphatic hydroxyl groups is 2. The van der Waals surface area contributed by atoms with Gasteiger partial charge >= 0.3 is 0 Å². The molecule has 1 amide bonds. The lowest BCUT2D eigenvalue weighted by molar-refractivity contribution is -0.245. The third-order valence-corrected chi connectivity index (χ3v) is 6.11. The summed E-state index contributed by atoms with van der Waals surface area (Å²) >= 11 is 0. The fourth-order valence-corrected chi connectivity index (χ4v) is 4.38. The Bertz CT molecular complexity index is 438. The Kier molecular flexibility index (Phi) is 5.49. The van der Waals surface area contributed by atoms with Crippen LogP contribution in [0.4, 0.5) is 0 Å². The monoisotopic (exact) mass is 340 g/mol. The number of nitrogens with zero attached hydrogens (tertiary/aromatic N) is 2. The minimum atomic E-state index is -1.10. The SMILES string of the molecule is C[C@@]1(O)CCOC2(CCN(C(=O)CN3CCCCCC3)CC2)[C@H]1O. The van der Waals surface area contributed by atoms with Gasteiger partial charge in [-0.25, -0.2) is 0 Å². The van der Waals surface area contributed by atoms with Crippen molar-refractivity contribution in [3.63, 3.8) is 0 Å². The number of hydrogen-bond donors (Lipinski definition) is 2. The molecule has 2 atom stereocenters. The molecular formula is C18H32N2O4. The van der Waals surface area contributed by atoms with E-state index in [-0.39, 0.29) is 5.91 Å². The molecule has 0 radical (unpaired) electrons. The van der Waals surface area contributed by atoms with Crippen LogP contribution in [0.1, 0.15) is 51.9 Å². The predicted molar refractivity (Wildman–Crippen MR) is 90.7 cm³/mol. The maximum atomic E-state index is 12.6. The van der Waals surface area contributed by atoms with E-state index in [1.807, 2.05) is 4.90 Å². The van der Waals surface area contributed by atoms with Crippen LogP contribution in [0.15, 0.2) is 0 Å². The largest absolute Gasteiger partial charge is 0.387 e. The predicted octanol–water partition coefficient (Wildman–Crippen LogP) is 0.756. The number of amides is 1. The molecule has 0 saturated carbocycles. The molecule has 24 heavy (non-hydrogen) atoms. The second-order valence-electron chi connectivity index (χ2n) is 7.99. The van der Waals surface area contributed by atoms with Crippen LogP contribution in [0.5, 0.6) is 0 Å². The maximum absolute atomic E-state index is 12.6. The third-order valence-electron chi connectivity index (χ3n) is 6.11. The summed E-state index contributed by atoms with van der Waals surface area (Å²) in [5, 5.41) is 20.9. The first-order chi connectivity index (χ1) is 11.4. The van der Waals surface area contributed by atoms with Gasteiger partial charge in [-0.05, 0) is 45.7 Å². The summed E-state index contributed by atoms with van der Waals surface area (Å²) in [5.74, 6) is 0.184. The average molecular weight is 340 g/mol. The number of carbonyl (C=O) groups excluding carboxylic acids is 1. The topological polar surface area (TPSA) is 73.2 Å². The third kappa shape index (κ3) is 3.77. The number of ether oxygens (including phenoxy) is 1. The minimum absolute atomic E-state index is 0.184. The van der Waals surface area contributed by atoms with Crippen molar-refractivity contribution in [1.29, 1.82) is 0 Å². The first kappa shape index (κ1) is 18.1. The summed E-state index contributed by atoms with van der Waals surface area (Å²) in [4.78, 5) is 16.8. The number of hydrogen-bond acceptors (Lipinski definition) is 5. The van der Waals surface area contributed by atoms with Crippen LogP contribution in [-0.2, 0) is 9.53 Å². The van der Waals surface area contributed by atoms with E-state index in [1.165, 1.54) is 25.7 Å². The normalized spacial score (nSPS) is 35.0. The lowest BCUT2D eigenvalue weighted by Gasteiger charge is -2.51. The van der Waals surface area contributed by atoms with Gasteiger partial charge < -0.3 is 19.8 Å². The molecule has 0 bridgehead atoms. The van der Waals surface area contributed by atoms with E-state index >= 15 is 0 Å². The van der Waals surface area contributed by atoms with E-state index in [0.717, 1.165) is 13.1 Å². The van der Waals surface area contributed by atoms with E-state index in [0.29, 0.717) is 45.5 Å². The van der Waals surface area contributed by atoms with E-state index < -0.39 is 17.3 Å². The highest BCUT2D eigenvalue weighted by Gasteiger charge is 2.52. The molecule has 3 aliphatic rings. The molecule has 6 nitrogen and oxygen atoms in total. The molecule has 0 aliphatic carbocycles. The van der Waals surface area contributed by atoms with Gasteiger partial charge in [-0.15, -0.1) is 0 Å². The van der Waals surface area contributed by atoms with Gasteiger partial charge in [0.2, 0.25) is 5.91 Å². The van der Waals surface area contributed by atoms with Crippen LogP contribution in [-0.4, -0.2) is 82.6 Å². The van der Waals surface area contributed by atoms with Crippen LogP contribution in [0.25, 0.3) is 0 Å². The van der Waals surface area contributed by atoms with Crippen molar-refractivity contribution in [3.8, 4) is 0 Å². The van der Waals surface area contributed by atoms with Gasteiger partial charge in [-0.1, -0.05) is 12.8 Å². The lowest BCUT2D eigenvalue weighted by atomic mass is 9.75. The van der Waals surface area contributed by atoms with Gasteiger partial charge in [-0.3, -0.25) is 9.69 Å². The zero-order valence-electron chi connectivity index (χ0n) is 14.9. The summed E-state index contributed by atoms with van der Waals surface area (Å²) in [5.41, 5.74) is -1.79. The number of aliphatic hydroxyl groups excluding tert-OH is 1. The molecule has 3 rings (SSSR count). The molecule has 3 heterocycles. The van der Waals surface area contributed by atoms with Gasteiger partial charge in [0.1, 0.15) is 11.7 Å². The molecule has 0 aromatic rings. The quantitative estimate of drug-likeness (QED) is 0.776. The first-order valence-electron chi connectivity index (χ1n) is 9.48. The number of likely N-dealkylation sites (tertiary alicyclic amines) is 2. The summed E-state index contributed by atoms with van der Waals surface area (Å²) in [6, 6.07) is 0. The van der Waals surface area contributed by atoms with Gasteiger partial charge in [-0.2, -0.15) is 0 Å². The minimum Gasteiger partial charge on any atom is -0.387 e. The van der Waals surface area contributed by atoms with Gasteiger partial charge in [0, 0.05) is 19.5 Å². The van der Waals surface area contributed by atoms with E-state index in [1.54, 1.807) is 6.92 Å². The molecule has 0 aromatic heterocycles. The Balaban J connectivity index is 1.53. The smallest absolute Gasteiger partial charge is 0.236 e. The Labute approximate surface area is 144 Å². The number of piperidine rings is 1. The van der Waals surface area contributed by atoms with Crippen LogP contribution < -0.4 is 0 Å². The summed E-state index contributed by atoms with van der Waals surface area (Å²) in [6.45, 7) is 5.89. The van der Waals surface area contributed by atoms with Gasteiger partial charge in [0.25, 0.3) is 0 Å². The molecule has 1 spiro atoms. The Hall–Kier alpha value is -0.690. The molecule has 6 heteroatoms. The zero-order valence-corrected chi connectivity index (χ0v) is 14.9. The summed E-state index contributed by atoms with van der Waals surface area (Å²) in [6.07, 6.45) is 5.66. The van der Waals surface area contributed by atoms with Crippen molar-refractivity contribution in [2.24, 2.45) is 0 Å². The standard InChI is InChI=1S/C18H32N2O4/c1-17(23)8-13-24-18(16(17)22)6-11-20(12-7-18)15(21)14-19-9-4-2-3-5-10-19/h16,22-23H,2-14H2,1H3/t16-,17+/m0/s1. The molecule has 0 unspecified atom stereocenters. The summed E-state index contributed by atoms with van der Waals surface area (Å²) in [7, 11) is 0. The van der Waals surface area contributed by atoms with Crippen LogP contribution >= 0.6 is 0 Å². The number of carbonyl (C=O) groups is 1. The second-order valence-corrected chi connectivity index (χ2v) is 7.99. The molecule has 3 aliphatic heterocycles.